The normalized spacial score (nSPS) is 13.8. The first-order valence-corrected chi connectivity index (χ1v) is 8.44. The zero-order valence-corrected chi connectivity index (χ0v) is 14.2. The second kappa shape index (κ2) is 7.79. The molecule has 1 aromatic heterocycles. The summed E-state index contributed by atoms with van der Waals surface area (Å²) in [4.78, 5) is 30.0. The molecule has 1 aliphatic rings. The number of amides is 2. The lowest BCUT2D eigenvalue weighted by atomic mass is 10.1. The molecule has 1 saturated heterocycles. The van der Waals surface area contributed by atoms with Crippen molar-refractivity contribution in [2.24, 2.45) is 0 Å². The molecule has 1 N–H and O–H groups in total. The Morgan fingerprint density at radius 2 is 2.08 bits per heavy atom. The Labute approximate surface area is 146 Å². The zero-order chi connectivity index (χ0) is 17.6. The Balaban J connectivity index is 1.63. The summed E-state index contributed by atoms with van der Waals surface area (Å²) < 4.78 is 5.46. The standard InChI is InChI=1S/C19H21N3O3/c1-2-25-19-15(5-3-11-20-19)13-21-18(24)14-7-9-16(10-8-14)22-12-4-6-17(22)23/h3,5,7-11H,2,4,6,12-13H2,1H3,(H,21,24). The molecule has 2 heterocycles. The third kappa shape index (κ3) is 3.96. The molecule has 6 nitrogen and oxygen atoms in total. The van der Waals surface area contributed by atoms with E-state index in [1.54, 1.807) is 23.2 Å². The molecule has 25 heavy (non-hydrogen) atoms. The average molecular weight is 339 g/mol. The smallest absolute Gasteiger partial charge is 0.251 e. The van der Waals surface area contributed by atoms with Gasteiger partial charge in [0.1, 0.15) is 0 Å². The van der Waals surface area contributed by atoms with E-state index in [2.05, 4.69) is 10.3 Å². The van der Waals surface area contributed by atoms with Gasteiger partial charge in [0.05, 0.1) is 6.61 Å². The number of rotatable bonds is 6. The van der Waals surface area contributed by atoms with E-state index in [4.69, 9.17) is 4.74 Å². The molecule has 1 fully saturated rings. The van der Waals surface area contributed by atoms with Gasteiger partial charge in [0.15, 0.2) is 0 Å². The first-order chi connectivity index (χ1) is 12.2. The van der Waals surface area contributed by atoms with Crippen LogP contribution in [-0.4, -0.2) is 29.9 Å². The third-order valence-corrected chi connectivity index (χ3v) is 4.09. The first-order valence-electron chi connectivity index (χ1n) is 8.44. The fourth-order valence-corrected chi connectivity index (χ4v) is 2.82. The number of pyridine rings is 1. The molecule has 0 aliphatic carbocycles. The Morgan fingerprint density at radius 3 is 2.76 bits per heavy atom. The second-order valence-corrected chi connectivity index (χ2v) is 5.78. The summed E-state index contributed by atoms with van der Waals surface area (Å²) in [5.74, 6) is 0.496. The van der Waals surface area contributed by atoms with Gasteiger partial charge in [-0.25, -0.2) is 4.98 Å². The van der Waals surface area contributed by atoms with E-state index >= 15 is 0 Å². The fourth-order valence-electron chi connectivity index (χ4n) is 2.82. The van der Waals surface area contributed by atoms with Gasteiger partial charge < -0.3 is 15.0 Å². The van der Waals surface area contributed by atoms with Gasteiger partial charge >= 0.3 is 0 Å². The third-order valence-electron chi connectivity index (χ3n) is 4.09. The summed E-state index contributed by atoms with van der Waals surface area (Å²) in [5, 5.41) is 2.87. The number of ether oxygens (including phenoxy) is 1. The molecule has 130 valence electrons. The van der Waals surface area contributed by atoms with Gasteiger partial charge in [0.2, 0.25) is 11.8 Å². The highest BCUT2D eigenvalue weighted by atomic mass is 16.5. The van der Waals surface area contributed by atoms with Crippen LogP contribution in [0.4, 0.5) is 5.69 Å². The number of aromatic nitrogens is 1. The van der Waals surface area contributed by atoms with Crippen molar-refractivity contribution in [1.82, 2.24) is 10.3 Å². The molecule has 0 saturated carbocycles. The van der Waals surface area contributed by atoms with Crippen molar-refractivity contribution in [1.29, 1.82) is 0 Å². The predicted molar refractivity (Wildman–Crippen MR) is 94.6 cm³/mol. The largest absolute Gasteiger partial charge is 0.478 e. The van der Waals surface area contributed by atoms with Gasteiger partial charge in [-0.3, -0.25) is 9.59 Å². The summed E-state index contributed by atoms with van der Waals surface area (Å²) in [6, 6.07) is 10.8. The highest BCUT2D eigenvalue weighted by molar-refractivity contribution is 5.97. The highest BCUT2D eigenvalue weighted by Crippen LogP contribution is 2.21. The Kier molecular flexibility index (Phi) is 5.28. The van der Waals surface area contributed by atoms with Crippen LogP contribution >= 0.6 is 0 Å². The van der Waals surface area contributed by atoms with E-state index in [-0.39, 0.29) is 11.8 Å². The van der Waals surface area contributed by atoms with E-state index in [1.807, 2.05) is 31.2 Å². The second-order valence-electron chi connectivity index (χ2n) is 5.78. The Hall–Kier alpha value is -2.89. The van der Waals surface area contributed by atoms with Crippen LogP contribution in [0.1, 0.15) is 35.7 Å². The van der Waals surface area contributed by atoms with Crippen LogP contribution in [-0.2, 0) is 11.3 Å². The first kappa shape index (κ1) is 17.0. The molecule has 0 atom stereocenters. The molecular weight excluding hydrogens is 318 g/mol. The van der Waals surface area contributed by atoms with Gasteiger partial charge in [-0.2, -0.15) is 0 Å². The molecular formula is C19H21N3O3. The van der Waals surface area contributed by atoms with E-state index < -0.39 is 0 Å². The summed E-state index contributed by atoms with van der Waals surface area (Å²) in [7, 11) is 0. The minimum Gasteiger partial charge on any atom is -0.478 e. The zero-order valence-electron chi connectivity index (χ0n) is 14.2. The minimum atomic E-state index is -0.175. The Bertz CT molecular complexity index is 759. The van der Waals surface area contributed by atoms with E-state index in [0.717, 1.165) is 24.2 Å². The predicted octanol–water partition coefficient (Wildman–Crippen LogP) is 2.54. The lowest BCUT2D eigenvalue weighted by Crippen LogP contribution is -2.25. The number of benzene rings is 1. The Morgan fingerprint density at radius 1 is 1.28 bits per heavy atom. The van der Waals surface area contributed by atoms with Crippen LogP contribution in [0.5, 0.6) is 5.88 Å². The van der Waals surface area contributed by atoms with Crippen molar-refractivity contribution in [3.63, 3.8) is 0 Å². The fraction of sp³-hybridized carbons (Fsp3) is 0.316. The van der Waals surface area contributed by atoms with E-state index in [9.17, 15) is 9.59 Å². The van der Waals surface area contributed by atoms with Crippen molar-refractivity contribution in [3.05, 3.63) is 53.7 Å². The van der Waals surface area contributed by atoms with Crippen molar-refractivity contribution in [2.75, 3.05) is 18.1 Å². The molecule has 1 aliphatic heterocycles. The monoisotopic (exact) mass is 339 g/mol. The van der Waals surface area contributed by atoms with E-state index in [1.165, 1.54) is 0 Å². The van der Waals surface area contributed by atoms with E-state index in [0.29, 0.717) is 31.0 Å². The van der Waals surface area contributed by atoms with Crippen LogP contribution in [0.15, 0.2) is 42.6 Å². The number of carbonyl (C=O) groups is 2. The van der Waals surface area contributed by atoms with Gasteiger partial charge in [-0.1, -0.05) is 6.07 Å². The molecule has 3 rings (SSSR count). The highest BCUT2D eigenvalue weighted by Gasteiger charge is 2.21. The molecule has 0 spiro atoms. The van der Waals surface area contributed by atoms with Crippen molar-refractivity contribution in [2.45, 2.75) is 26.3 Å². The van der Waals surface area contributed by atoms with Crippen LogP contribution in [0, 0.1) is 0 Å². The molecule has 0 bridgehead atoms. The number of carbonyl (C=O) groups excluding carboxylic acids is 2. The van der Waals surface area contributed by atoms with Gasteiger partial charge in [0, 0.05) is 42.5 Å². The quantitative estimate of drug-likeness (QED) is 0.878. The maximum absolute atomic E-state index is 12.3. The molecule has 2 aromatic rings. The maximum atomic E-state index is 12.3. The minimum absolute atomic E-state index is 0.136. The lowest BCUT2D eigenvalue weighted by Gasteiger charge is -2.16. The summed E-state index contributed by atoms with van der Waals surface area (Å²) in [6.07, 6.45) is 3.14. The van der Waals surface area contributed by atoms with Crippen LogP contribution < -0.4 is 15.0 Å². The van der Waals surface area contributed by atoms with Gasteiger partial charge in [-0.15, -0.1) is 0 Å². The molecule has 0 radical (unpaired) electrons. The maximum Gasteiger partial charge on any atom is 0.251 e. The van der Waals surface area contributed by atoms with Gasteiger partial charge in [0.25, 0.3) is 5.91 Å². The van der Waals surface area contributed by atoms with Crippen LogP contribution in [0.3, 0.4) is 0 Å². The lowest BCUT2D eigenvalue weighted by molar-refractivity contribution is -0.117. The average Bonchev–Trinajstić information content (AvgIpc) is 3.07. The number of anilines is 1. The number of hydrogen-bond acceptors (Lipinski definition) is 4. The topological polar surface area (TPSA) is 71.5 Å². The number of nitrogens with one attached hydrogen (secondary N) is 1. The molecule has 1 aromatic carbocycles. The van der Waals surface area contributed by atoms with Crippen molar-refractivity contribution in [3.8, 4) is 5.88 Å². The summed E-state index contributed by atoms with van der Waals surface area (Å²) in [6.45, 7) is 3.50. The SMILES string of the molecule is CCOc1ncccc1CNC(=O)c1ccc(N2CCCC2=O)cc1. The number of nitrogens with zero attached hydrogens (tertiary/aromatic N) is 2. The van der Waals surface area contributed by atoms with Gasteiger partial charge in [-0.05, 0) is 43.7 Å². The number of hydrogen-bond donors (Lipinski definition) is 1. The van der Waals surface area contributed by atoms with Crippen LogP contribution in [0.2, 0.25) is 0 Å². The molecule has 2 amide bonds. The molecule has 6 heteroatoms. The van der Waals surface area contributed by atoms with Crippen molar-refractivity contribution >= 4 is 17.5 Å². The van der Waals surface area contributed by atoms with Crippen molar-refractivity contribution < 1.29 is 14.3 Å². The summed E-state index contributed by atoms with van der Waals surface area (Å²) in [5.41, 5.74) is 2.22. The molecule has 0 unspecified atom stereocenters. The van der Waals surface area contributed by atoms with Crippen LogP contribution in [0.25, 0.3) is 0 Å². The summed E-state index contributed by atoms with van der Waals surface area (Å²) >= 11 is 0.